The van der Waals surface area contributed by atoms with Gasteiger partial charge in [0, 0.05) is 48.2 Å². The van der Waals surface area contributed by atoms with Crippen LogP contribution in [-0.2, 0) is 0 Å². The first kappa shape index (κ1) is 17.0. The Hall–Kier alpha value is -2.49. The summed E-state index contributed by atoms with van der Waals surface area (Å²) in [6.07, 6.45) is 5.12. The molecule has 0 atom stereocenters. The van der Waals surface area contributed by atoms with Crippen LogP contribution >= 0.6 is 22.6 Å². The van der Waals surface area contributed by atoms with Crippen LogP contribution in [0.2, 0.25) is 0 Å². The number of carbonyl (C=O) groups excluding carboxylic acids is 1. The van der Waals surface area contributed by atoms with Gasteiger partial charge >= 0.3 is 0 Å². The Bertz CT molecular complexity index is 906. The third kappa shape index (κ3) is 3.41. The summed E-state index contributed by atoms with van der Waals surface area (Å²) in [6, 6.07) is 11.5. The molecule has 0 bridgehead atoms. The minimum atomic E-state index is 0.0922. The van der Waals surface area contributed by atoms with Gasteiger partial charge in [-0.15, -0.1) is 0 Å². The molecule has 3 heterocycles. The van der Waals surface area contributed by atoms with Crippen LogP contribution in [0.3, 0.4) is 0 Å². The van der Waals surface area contributed by atoms with Gasteiger partial charge in [0.1, 0.15) is 12.1 Å². The Kier molecular flexibility index (Phi) is 4.83. The molecule has 0 radical (unpaired) electrons. The Labute approximate surface area is 164 Å². The SMILES string of the molecule is O=C(c1ccccc1I)N1CCN(c2cc(-n3cccn3)ncn2)CC1. The lowest BCUT2D eigenvalue weighted by Gasteiger charge is -2.35. The van der Waals surface area contributed by atoms with Gasteiger partial charge in [0.25, 0.3) is 5.91 Å². The van der Waals surface area contributed by atoms with E-state index in [4.69, 9.17) is 0 Å². The number of piperazine rings is 1. The average Bonchev–Trinajstić information content (AvgIpc) is 3.23. The molecule has 0 spiro atoms. The summed E-state index contributed by atoms with van der Waals surface area (Å²) in [4.78, 5) is 25.5. The zero-order chi connectivity index (χ0) is 17.9. The van der Waals surface area contributed by atoms with Crippen molar-refractivity contribution in [3.05, 3.63) is 64.3 Å². The van der Waals surface area contributed by atoms with E-state index in [0.717, 1.165) is 33.9 Å². The van der Waals surface area contributed by atoms with Gasteiger partial charge < -0.3 is 9.80 Å². The molecule has 1 aromatic carbocycles. The molecular formula is C18H17IN6O. The van der Waals surface area contributed by atoms with Crippen molar-refractivity contribution in [1.29, 1.82) is 0 Å². The topological polar surface area (TPSA) is 67.2 Å². The summed E-state index contributed by atoms with van der Waals surface area (Å²) >= 11 is 2.21. The molecule has 0 N–H and O–H groups in total. The molecule has 26 heavy (non-hydrogen) atoms. The van der Waals surface area contributed by atoms with Crippen LogP contribution in [-0.4, -0.2) is 56.7 Å². The molecule has 3 aromatic rings. The second-order valence-electron chi connectivity index (χ2n) is 5.94. The molecule has 1 amide bonds. The molecule has 1 fully saturated rings. The minimum Gasteiger partial charge on any atom is -0.353 e. The van der Waals surface area contributed by atoms with E-state index in [0.29, 0.717) is 13.1 Å². The number of halogens is 1. The van der Waals surface area contributed by atoms with Crippen LogP contribution in [0.25, 0.3) is 5.82 Å². The van der Waals surface area contributed by atoms with Gasteiger partial charge in [0.2, 0.25) is 0 Å². The number of hydrogen-bond donors (Lipinski definition) is 0. The van der Waals surface area contributed by atoms with Gasteiger partial charge in [-0.05, 0) is 40.8 Å². The molecule has 1 saturated heterocycles. The van der Waals surface area contributed by atoms with Gasteiger partial charge in [-0.2, -0.15) is 5.10 Å². The highest BCUT2D eigenvalue weighted by Crippen LogP contribution is 2.18. The number of nitrogens with zero attached hydrogens (tertiary/aromatic N) is 6. The molecule has 0 aliphatic carbocycles. The first-order valence-corrected chi connectivity index (χ1v) is 9.41. The minimum absolute atomic E-state index is 0.0922. The van der Waals surface area contributed by atoms with Crippen molar-refractivity contribution in [3.63, 3.8) is 0 Å². The summed E-state index contributed by atoms with van der Waals surface area (Å²) in [5, 5.41) is 4.20. The quantitative estimate of drug-likeness (QED) is 0.561. The van der Waals surface area contributed by atoms with Gasteiger partial charge in [-0.1, -0.05) is 12.1 Å². The monoisotopic (exact) mass is 460 g/mol. The average molecular weight is 460 g/mol. The van der Waals surface area contributed by atoms with Crippen molar-refractivity contribution in [2.45, 2.75) is 0 Å². The fourth-order valence-electron chi connectivity index (χ4n) is 2.98. The highest BCUT2D eigenvalue weighted by Gasteiger charge is 2.24. The van der Waals surface area contributed by atoms with Crippen LogP contribution in [0, 0.1) is 3.57 Å². The van der Waals surface area contributed by atoms with Crippen LogP contribution in [0.15, 0.2) is 55.1 Å². The van der Waals surface area contributed by atoms with Crippen molar-refractivity contribution in [2.75, 3.05) is 31.1 Å². The third-order valence-corrected chi connectivity index (χ3v) is 5.31. The van der Waals surface area contributed by atoms with Crippen LogP contribution < -0.4 is 4.90 Å². The number of anilines is 1. The number of aromatic nitrogens is 4. The number of hydrogen-bond acceptors (Lipinski definition) is 5. The predicted molar refractivity (Wildman–Crippen MR) is 106 cm³/mol. The van der Waals surface area contributed by atoms with E-state index < -0.39 is 0 Å². The van der Waals surface area contributed by atoms with Gasteiger partial charge in [-0.25, -0.2) is 14.6 Å². The zero-order valence-electron chi connectivity index (χ0n) is 14.0. The van der Waals surface area contributed by atoms with E-state index >= 15 is 0 Å². The van der Waals surface area contributed by atoms with Gasteiger partial charge in [0.15, 0.2) is 5.82 Å². The van der Waals surface area contributed by atoms with E-state index in [2.05, 4.69) is 42.6 Å². The predicted octanol–water partition coefficient (Wildman–Crippen LogP) is 2.23. The van der Waals surface area contributed by atoms with Crippen molar-refractivity contribution >= 4 is 34.3 Å². The molecule has 0 unspecified atom stereocenters. The Balaban J connectivity index is 1.45. The van der Waals surface area contributed by atoms with E-state index in [-0.39, 0.29) is 5.91 Å². The van der Waals surface area contributed by atoms with Crippen molar-refractivity contribution in [1.82, 2.24) is 24.6 Å². The fraction of sp³-hybridized carbons (Fsp3) is 0.222. The molecule has 7 nitrogen and oxygen atoms in total. The molecule has 132 valence electrons. The highest BCUT2D eigenvalue weighted by atomic mass is 127. The highest BCUT2D eigenvalue weighted by molar-refractivity contribution is 14.1. The maximum atomic E-state index is 12.7. The number of rotatable bonds is 3. The lowest BCUT2D eigenvalue weighted by molar-refractivity contribution is 0.0745. The Morgan fingerprint density at radius 1 is 1.00 bits per heavy atom. The summed E-state index contributed by atoms with van der Waals surface area (Å²) in [7, 11) is 0. The lowest BCUT2D eigenvalue weighted by atomic mass is 10.2. The maximum absolute atomic E-state index is 12.7. The standard InChI is InChI=1S/C18H17IN6O/c19-15-5-2-1-4-14(15)18(26)24-10-8-23(9-11-24)16-12-17(21-13-20-16)25-7-3-6-22-25/h1-7,12-13H,8-11H2. The van der Waals surface area contributed by atoms with Crippen LogP contribution in [0.5, 0.6) is 0 Å². The van der Waals surface area contributed by atoms with E-state index in [9.17, 15) is 4.79 Å². The summed E-state index contributed by atoms with van der Waals surface area (Å²) in [5.41, 5.74) is 0.768. The van der Waals surface area contributed by atoms with Crippen molar-refractivity contribution < 1.29 is 4.79 Å². The molecule has 1 aliphatic rings. The second kappa shape index (κ2) is 7.40. The van der Waals surface area contributed by atoms with Crippen molar-refractivity contribution in [2.24, 2.45) is 0 Å². The second-order valence-corrected chi connectivity index (χ2v) is 7.11. The molecule has 4 rings (SSSR count). The lowest BCUT2D eigenvalue weighted by Crippen LogP contribution is -2.49. The third-order valence-electron chi connectivity index (χ3n) is 4.37. The molecule has 0 saturated carbocycles. The maximum Gasteiger partial charge on any atom is 0.255 e. The number of carbonyl (C=O) groups is 1. The van der Waals surface area contributed by atoms with E-state index in [1.165, 1.54) is 0 Å². The fourth-order valence-corrected chi connectivity index (χ4v) is 3.60. The molecule has 8 heteroatoms. The first-order valence-electron chi connectivity index (χ1n) is 8.33. The van der Waals surface area contributed by atoms with Crippen LogP contribution in [0.4, 0.5) is 5.82 Å². The van der Waals surface area contributed by atoms with Crippen molar-refractivity contribution in [3.8, 4) is 5.82 Å². The summed E-state index contributed by atoms with van der Waals surface area (Å²) < 4.78 is 2.69. The molecular weight excluding hydrogens is 443 g/mol. The smallest absolute Gasteiger partial charge is 0.255 e. The zero-order valence-corrected chi connectivity index (χ0v) is 16.2. The van der Waals surface area contributed by atoms with Crippen LogP contribution in [0.1, 0.15) is 10.4 Å². The summed E-state index contributed by atoms with van der Waals surface area (Å²) in [6.45, 7) is 2.82. The largest absolute Gasteiger partial charge is 0.353 e. The normalized spacial score (nSPS) is 14.5. The number of benzene rings is 1. The molecule has 1 aliphatic heterocycles. The van der Waals surface area contributed by atoms with E-state index in [1.807, 2.05) is 47.5 Å². The van der Waals surface area contributed by atoms with E-state index in [1.54, 1.807) is 17.2 Å². The summed E-state index contributed by atoms with van der Waals surface area (Å²) in [5.74, 6) is 1.68. The Morgan fingerprint density at radius 3 is 2.50 bits per heavy atom. The first-order chi connectivity index (χ1) is 12.7. The Morgan fingerprint density at radius 2 is 1.77 bits per heavy atom. The number of amides is 1. The van der Waals surface area contributed by atoms with Gasteiger partial charge in [-0.3, -0.25) is 4.79 Å². The molecule has 2 aromatic heterocycles. The van der Waals surface area contributed by atoms with Gasteiger partial charge in [0.05, 0.1) is 5.56 Å².